The van der Waals surface area contributed by atoms with Crippen molar-refractivity contribution in [1.29, 1.82) is 0 Å². The van der Waals surface area contributed by atoms with Crippen molar-refractivity contribution in [3.8, 4) is 5.75 Å². The number of ether oxygens (including phenoxy) is 1. The molecule has 164 valence electrons. The third kappa shape index (κ3) is 4.11. The van der Waals surface area contributed by atoms with Crippen LogP contribution < -0.4 is 14.5 Å². The van der Waals surface area contributed by atoms with E-state index in [9.17, 15) is 9.59 Å². The third-order valence-electron chi connectivity index (χ3n) is 6.43. The zero-order valence-electron chi connectivity index (χ0n) is 18.9. The number of benzene rings is 2. The van der Waals surface area contributed by atoms with Crippen LogP contribution >= 0.6 is 0 Å². The fraction of sp³-hybridized carbons (Fsp3) is 0.440. The highest BCUT2D eigenvalue weighted by Gasteiger charge is 2.35. The summed E-state index contributed by atoms with van der Waals surface area (Å²) < 4.78 is 5.87. The summed E-state index contributed by atoms with van der Waals surface area (Å²) in [6.45, 7) is 11.1. The first-order chi connectivity index (χ1) is 14.9. The maximum absolute atomic E-state index is 13.1. The highest BCUT2D eigenvalue weighted by Crippen LogP contribution is 2.35. The minimum Gasteiger partial charge on any atom is -0.478 e. The van der Waals surface area contributed by atoms with Crippen molar-refractivity contribution in [3.05, 3.63) is 53.1 Å². The van der Waals surface area contributed by atoms with Crippen LogP contribution in [0, 0.1) is 20.8 Å². The molecule has 1 fully saturated rings. The summed E-state index contributed by atoms with van der Waals surface area (Å²) in [6, 6.07) is 12.1. The van der Waals surface area contributed by atoms with E-state index in [0.29, 0.717) is 30.9 Å². The number of nitrogens with zero attached hydrogens (tertiary/aromatic N) is 3. The number of carbonyl (C=O) groups excluding carboxylic acids is 2. The molecule has 0 unspecified atom stereocenters. The van der Waals surface area contributed by atoms with Crippen LogP contribution in [0.2, 0.25) is 0 Å². The lowest BCUT2D eigenvalue weighted by molar-refractivity contribution is -0.133. The molecule has 0 spiro atoms. The monoisotopic (exact) mass is 421 g/mol. The van der Waals surface area contributed by atoms with Gasteiger partial charge in [-0.1, -0.05) is 25.1 Å². The Morgan fingerprint density at radius 2 is 1.77 bits per heavy atom. The van der Waals surface area contributed by atoms with Crippen LogP contribution in [0.25, 0.3) is 0 Å². The molecule has 0 bridgehead atoms. The Hall–Kier alpha value is -3.02. The van der Waals surface area contributed by atoms with Gasteiger partial charge in [0.25, 0.3) is 5.91 Å². The van der Waals surface area contributed by atoms with E-state index in [1.54, 1.807) is 4.90 Å². The van der Waals surface area contributed by atoms with Crippen molar-refractivity contribution in [2.75, 3.05) is 42.5 Å². The Bertz CT molecular complexity index is 996. The molecule has 6 heteroatoms. The molecule has 2 heterocycles. The van der Waals surface area contributed by atoms with Gasteiger partial charge in [-0.25, -0.2) is 0 Å². The summed E-state index contributed by atoms with van der Waals surface area (Å²) in [5.74, 6) is 0.519. The molecule has 2 aromatic rings. The van der Waals surface area contributed by atoms with Crippen molar-refractivity contribution in [2.45, 2.75) is 40.2 Å². The lowest BCUT2D eigenvalue weighted by Crippen LogP contribution is -2.54. The minimum atomic E-state index is -0.538. The van der Waals surface area contributed by atoms with Gasteiger partial charge in [0.15, 0.2) is 6.10 Å². The lowest BCUT2D eigenvalue weighted by Gasteiger charge is -2.39. The van der Waals surface area contributed by atoms with Crippen LogP contribution in [0.3, 0.4) is 0 Å². The molecule has 0 N–H and O–H groups in total. The van der Waals surface area contributed by atoms with E-state index < -0.39 is 6.10 Å². The average Bonchev–Trinajstić information content (AvgIpc) is 2.77. The van der Waals surface area contributed by atoms with Crippen LogP contribution in [0.4, 0.5) is 11.4 Å². The van der Waals surface area contributed by atoms with Gasteiger partial charge < -0.3 is 14.5 Å². The molecule has 0 aliphatic carbocycles. The highest BCUT2D eigenvalue weighted by atomic mass is 16.5. The average molecular weight is 422 g/mol. The van der Waals surface area contributed by atoms with Crippen molar-refractivity contribution >= 4 is 23.2 Å². The van der Waals surface area contributed by atoms with Crippen LogP contribution in [0.15, 0.2) is 36.4 Å². The van der Waals surface area contributed by atoms with E-state index in [2.05, 4.69) is 36.9 Å². The molecule has 4 rings (SSSR count). The summed E-state index contributed by atoms with van der Waals surface area (Å²) >= 11 is 0. The zero-order chi connectivity index (χ0) is 22.1. The number of piperazine rings is 1. The standard InChI is InChI=1S/C25H31N3O3/c1-5-22-25(30)28(21-15-17(2)9-10-23(21)31-22)16-24(29)27-13-11-26(12-14-27)20-8-6-7-18(3)19(20)4/h6-10,15,22H,5,11-14,16H2,1-4H3/t22-/m0/s1. The first-order valence-electron chi connectivity index (χ1n) is 11.1. The molecule has 1 atom stereocenters. The van der Waals surface area contributed by atoms with Gasteiger partial charge in [-0.2, -0.15) is 0 Å². The van der Waals surface area contributed by atoms with Crippen molar-refractivity contribution in [3.63, 3.8) is 0 Å². The van der Waals surface area contributed by atoms with Crippen LogP contribution in [0.5, 0.6) is 5.75 Å². The number of amides is 2. The SMILES string of the molecule is CC[C@@H]1Oc2ccc(C)cc2N(CC(=O)N2CCN(c3cccc(C)c3C)CC2)C1=O. The smallest absolute Gasteiger partial charge is 0.268 e. The summed E-state index contributed by atoms with van der Waals surface area (Å²) in [7, 11) is 0. The maximum Gasteiger partial charge on any atom is 0.268 e. The molecule has 2 amide bonds. The second kappa shape index (κ2) is 8.61. The quantitative estimate of drug-likeness (QED) is 0.759. The van der Waals surface area contributed by atoms with Gasteiger partial charge in [0, 0.05) is 31.9 Å². The van der Waals surface area contributed by atoms with Crippen molar-refractivity contribution < 1.29 is 14.3 Å². The van der Waals surface area contributed by atoms with Gasteiger partial charge in [-0.05, 0) is 62.1 Å². The van der Waals surface area contributed by atoms with E-state index in [1.807, 2.05) is 36.9 Å². The molecule has 2 aliphatic heterocycles. The van der Waals surface area contributed by atoms with E-state index in [0.717, 1.165) is 18.7 Å². The van der Waals surface area contributed by atoms with Crippen LogP contribution in [0.1, 0.15) is 30.0 Å². The Labute approximate surface area is 184 Å². The fourth-order valence-electron chi connectivity index (χ4n) is 4.37. The third-order valence-corrected chi connectivity index (χ3v) is 6.43. The van der Waals surface area contributed by atoms with Crippen molar-refractivity contribution in [1.82, 2.24) is 4.90 Å². The van der Waals surface area contributed by atoms with Gasteiger partial charge in [0.05, 0.1) is 5.69 Å². The predicted molar refractivity (Wildman–Crippen MR) is 123 cm³/mol. The van der Waals surface area contributed by atoms with E-state index in [-0.39, 0.29) is 18.4 Å². The van der Waals surface area contributed by atoms with Gasteiger partial charge in [-0.15, -0.1) is 0 Å². The molecule has 2 aliphatic rings. The Balaban J connectivity index is 1.46. The highest BCUT2D eigenvalue weighted by molar-refractivity contribution is 6.04. The Kier molecular flexibility index (Phi) is 5.90. The first kappa shape index (κ1) is 21.2. The largest absolute Gasteiger partial charge is 0.478 e. The van der Waals surface area contributed by atoms with Gasteiger partial charge >= 0.3 is 0 Å². The molecule has 2 aromatic carbocycles. The van der Waals surface area contributed by atoms with E-state index >= 15 is 0 Å². The van der Waals surface area contributed by atoms with Gasteiger partial charge in [0.2, 0.25) is 5.91 Å². The predicted octanol–water partition coefficient (Wildman–Crippen LogP) is 3.46. The second-order valence-corrected chi connectivity index (χ2v) is 8.50. The lowest BCUT2D eigenvalue weighted by atomic mass is 10.1. The molecule has 0 saturated carbocycles. The number of fused-ring (bicyclic) bond motifs is 1. The van der Waals surface area contributed by atoms with Crippen LogP contribution in [-0.4, -0.2) is 55.5 Å². The summed E-state index contributed by atoms with van der Waals surface area (Å²) in [4.78, 5) is 31.9. The normalized spacial score (nSPS) is 18.6. The molecule has 6 nitrogen and oxygen atoms in total. The number of carbonyl (C=O) groups is 2. The second-order valence-electron chi connectivity index (χ2n) is 8.50. The minimum absolute atomic E-state index is 0.0156. The topological polar surface area (TPSA) is 53.1 Å². The maximum atomic E-state index is 13.1. The number of aryl methyl sites for hydroxylation is 2. The summed E-state index contributed by atoms with van der Waals surface area (Å²) in [5.41, 5.74) is 5.53. The number of rotatable bonds is 4. The first-order valence-corrected chi connectivity index (χ1v) is 11.1. The number of hydrogen-bond donors (Lipinski definition) is 0. The molecule has 0 radical (unpaired) electrons. The summed E-state index contributed by atoms with van der Waals surface area (Å²) in [6.07, 6.45) is 0.0369. The van der Waals surface area contributed by atoms with Crippen LogP contribution in [-0.2, 0) is 9.59 Å². The molecule has 0 aromatic heterocycles. The number of anilines is 2. The Morgan fingerprint density at radius 3 is 2.48 bits per heavy atom. The van der Waals surface area contributed by atoms with Crippen molar-refractivity contribution in [2.24, 2.45) is 0 Å². The molecule has 31 heavy (non-hydrogen) atoms. The number of hydrogen-bond acceptors (Lipinski definition) is 4. The van der Waals surface area contributed by atoms with Gasteiger partial charge in [0.1, 0.15) is 12.3 Å². The zero-order valence-corrected chi connectivity index (χ0v) is 18.9. The molecular weight excluding hydrogens is 390 g/mol. The van der Waals surface area contributed by atoms with Gasteiger partial charge in [-0.3, -0.25) is 14.5 Å². The Morgan fingerprint density at radius 1 is 1.03 bits per heavy atom. The fourth-order valence-corrected chi connectivity index (χ4v) is 4.37. The van der Waals surface area contributed by atoms with E-state index in [4.69, 9.17) is 4.74 Å². The molecule has 1 saturated heterocycles. The summed E-state index contributed by atoms with van der Waals surface area (Å²) in [5, 5.41) is 0. The van der Waals surface area contributed by atoms with E-state index in [1.165, 1.54) is 16.8 Å². The molecular formula is C25H31N3O3.